The van der Waals surface area contributed by atoms with Gasteiger partial charge in [0.05, 0.1) is 12.8 Å². The number of rotatable bonds is 5. The van der Waals surface area contributed by atoms with Crippen molar-refractivity contribution in [2.45, 2.75) is 12.6 Å². The van der Waals surface area contributed by atoms with Crippen LogP contribution in [0.4, 0.5) is 5.69 Å². The number of piperazine rings is 1. The maximum Gasteiger partial charge on any atom is 0.255 e. The fourth-order valence-electron chi connectivity index (χ4n) is 4.81. The van der Waals surface area contributed by atoms with Crippen molar-refractivity contribution < 1.29 is 14.3 Å². The zero-order valence-electron chi connectivity index (χ0n) is 18.7. The largest absolute Gasteiger partial charge is 0.495 e. The van der Waals surface area contributed by atoms with Crippen molar-refractivity contribution in [3.63, 3.8) is 0 Å². The van der Waals surface area contributed by atoms with Gasteiger partial charge in [-0.05, 0) is 29.3 Å². The number of hydrogen-bond donors (Lipinski definition) is 0. The van der Waals surface area contributed by atoms with E-state index < -0.39 is 6.04 Å². The molecular weight excluding hydrogens is 414 g/mol. The van der Waals surface area contributed by atoms with Crippen LogP contribution in [0.15, 0.2) is 78.9 Å². The van der Waals surface area contributed by atoms with E-state index in [2.05, 4.69) is 4.90 Å². The van der Waals surface area contributed by atoms with Crippen molar-refractivity contribution >= 4 is 17.5 Å². The van der Waals surface area contributed by atoms with Crippen molar-refractivity contribution in [2.24, 2.45) is 0 Å². The highest BCUT2D eigenvalue weighted by Gasteiger charge is 2.39. The minimum absolute atomic E-state index is 0.0259. The average Bonchev–Trinajstić information content (AvgIpc) is 3.21. The van der Waals surface area contributed by atoms with Gasteiger partial charge in [0.15, 0.2) is 0 Å². The van der Waals surface area contributed by atoms with Crippen molar-refractivity contribution in [1.82, 2.24) is 9.80 Å². The zero-order chi connectivity index (χ0) is 22.8. The molecule has 2 amide bonds. The number of methoxy groups -OCH3 is 1. The average molecular weight is 442 g/mol. The first-order valence-corrected chi connectivity index (χ1v) is 11.3. The molecule has 3 aromatic carbocycles. The Bertz CT molecular complexity index is 1160. The smallest absolute Gasteiger partial charge is 0.255 e. The van der Waals surface area contributed by atoms with Crippen LogP contribution < -0.4 is 9.64 Å². The van der Waals surface area contributed by atoms with Gasteiger partial charge in [-0.15, -0.1) is 0 Å². The molecule has 5 rings (SSSR count). The Morgan fingerprint density at radius 3 is 2.24 bits per heavy atom. The van der Waals surface area contributed by atoms with Crippen LogP contribution in [0.2, 0.25) is 0 Å². The molecule has 1 saturated heterocycles. The number of fused-ring (bicyclic) bond motifs is 1. The molecule has 0 radical (unpaired) electrons. The van der Waals surface area contributed by atoms with Crippen LogP contribution in [-0.2, 0) is 11.3 Å². The molecule has 0 saturated carbocycles. The third kappa shape index (κ3) is 3.93. The highest BCUT2D eigenvalue weighted by Crippen LogP contribution is 2.34. The second kappa shape index (κ2) is 8.98. The van der Waals surface area contributed by atoms with Gasteiger partial charge in [0.2, 0.25) is 5.91 Å². The summed E-state index contributed by atoms with van der Waals surface area (Å²) in [6, 6.07) is 24.6. The monoisotopic (exact) mass is 441 g/mol. The standard InChI is InChI=1S/C27H27N3O3/c1-33-24-14-8-7-13-23(24)28-15-17-29(18-16-28)27(32)25(20-9-3-2-4-10-20)30-19-21-11-5-6-12-22(21)26(30)31/h2-14,25H,15-19H2,1H3. The lowest BCUT2D eigenvalue weighted by Crippen LogP contribution is -2.52. The molecule has 33 heavy (non-hydrogen) atoms. The lowest BCUT2D eigenvalue weighted by molar-refractivity contribution is -0.136. The Morgan fingerprint density at radius 2 is 1.52 bits per heavy atom. The summed E-state index contributed by atoms with van der Waals surface area (Å²) in [5, 5.41) is 0. The fourth-order valence-corrected chi connectivity index (χ4v) is 4.81. The SMILES string of the molecule is COc1ccccc1N1CCN(C(=O)C(c2ccccc2)N2Cc3ccccc3C2=O)CC1. The summed E-state index contributed by atoms with van der Waals surface area (Å²) in [5.41, 5.74) is 3.54. The van der Waals surface area contributed by atoms with Crippen molar-refractivity contribution in [2.75, 3.05) is 38.2 Å². The fraction of sp³-hybridized carbons (Fsp3) is 0.259. The van der Waals surface area contributed by atoms with Gasteiger partial charge in [0.1, 0.15) is 11.8 Å². The van der Waals surface area contributed by atoms with Gasteiger partial charge < -0.3 is 19.4 Å². The van der Waals surface area contributed by atoms with E-state index in [0.717, 1.165) is 22.6 Å². The van der Waals surface area contributed by atoms with Crippen LogP contribution in [0.25, 0.3) is 0 Å². The van der Waals surface area contributed by atoms with E-state index in [-0.39, 0.29) is 11.8 Å². The van der Waals surface area contributed by atoms with E-state index >= 15 is 0 Å². The first-order valence-electron chi connectivity index (χ1n) is 11.3. The van der Waals surface area contributed by atoms with Crippen molar-refractivity contribution in [3.05, 3.63) is 95.6 Å². The Balaban J connectivity index is 1.37. The number of nitrogens with zero attached hydrogens (tertiary/aromatic N) is 3. The summed E-state index contributed by atoms with van der Waals surface area (Å²) in [7, 11) is 1.67. The molecule has 0 N–H and O–H groups in total. The molecule has 0 aliphatic carbocycles. The number of anilines is 1. The number of ether oxygens (including phenoxy) is 1. The highest BCUT2D eigenvalue weighted by atomic mass is 16.5. The molecule has 1 unspecified atom stereocenters. The van der Waals surface area contributed by atoms with Gasteiger partial charge in [0.25, 0.3) is 5.91 Å². The van der Waals surface area contributed by atoms with Gasteiger partial charge in [0, 0.05) is 38.3 Å². The number of amides is 2. The van der Waals surface area contributed by atoms with E-state index in [1.54, 1.807) is 12.0 Å². The molecule has 168 valence electrons. The summed E-state index contributed by atoms with van der Waals surface area (Å²) in [5.74, 6) is 0.724. The predicted molar refractivity (Wildman–Crippen MR) is 127 cm³/mol. The number of para-hydroxylation sites is 2. The maximum atomic E-state index is 13.8. The number of benzene rings is 3. The van der Waals surface area contributed by atoms with Crippen LogP contribution >= 0.6 is 0 Å². The molecule has 3 aromatic rings. The normalized spacial score (nSPS) is 16.5. The first-order chi connectivity index (χ1) is 16.2. The van der Waals surface area contributed by atoms with Gasteiger partial charge in [-0.3, -0.25) is 9.59 Å². The molecule has 1 fully saturated rings. The van der Waals surface area contributed by atoms with E-state index in [9.17, 15) is 9.59 Å². The number of carbonyl (C=O) groups is 2. The molecule has 6 nitrogen and oxygen atoms in total. The summed E-state index contributed by atoms with van der Waals surface area (Å²) in [6.07, 6.45) is 0. The molecule has 6 heteroatoms. The molecule has 0 spiro atoms. The van der Waals surface area contributed by atoms with E-state index in [1.165, 1.54) is 0 Å². The number of hydrogen-bond acceptors (Lipinski definition) is 4. The van der Waals surface area contributed by atoms with Crippen molar-refractivity contribution in [1.29, 1.82) is 0 Å². The lowest BCUT2D eigenvalue weighted by Gasteiger charge is -2.39. The van der Waals surface area contributed by atoms with Crippen LogP contribution in [0.3, 0.4) is 0 Å². The van der Waals surface area contributed by atoms with Gasteiger partial charge in [-0.2, -0.15) is 0 Å². The molecule has 2 aliphatic rings. The predicted octanol–water partition coefficient (Wildman–Crippen LogP) is 3.74. The molecular formula is C27H27N3O3. The van der Waals surface area contributed by atoms with Crippen molar-refractivity contribution in [3.8, 4) is 5.75 Å². The Hall–Kier alpha value is -3.80. The summed E-state index contributed by atoms with van der Waals surface area (Å²) in [4.78, 5) is 32.9. The highest BCUT2D eigenvalue weighted by molar-refractivity contribution is 6.01. The topological polar surface area (TPSA) is 53.1 Å². The third-order valence-corrected chi connectivity index (χ3v) is 6.53. The Morgan fingerprint density at radius 1 is 0.848 bits per heavy atom. The van der Waals surface area contributed by atoms with Gasteiger partial charge >= 0.3 is 0 Å². The minimum Gasteiger partial charge on any atom is -0.495 e. The molecule has 0 bridgehead atoms. The minimum atomic E-state index is -0.635. The van der Waals surface area contributed by atoms with Gasteiger partial charge in [-0.25, -0.2) is 0 Å². The van der Waals surface area contributed by atoms with Crippen LogP contribution in [0.5, 0.6) is 5.75 Å². The van der Waals surface area contributed by atoms with Gasteiger partial charge in [-0.1, -0.05) is 60.7 Å². The lowest BCUT2D eigenvalue weighted by atomic mass is 10.0. The molecule has 0 aromatic heterocycles. The van der Waals surface area contributed by atoms with E-state index in [4.69, 9.17) is 4.74 Å². The quantitative estimate of drug-likeness (QED) is 0.605. The summed E-state index contributed by atoms with van der Waals surface area (Å²) < 4.78 is 5.51. The first kappa shape index (κ1) is 21.1. The zero-order valence-corrected chi connectivity index (χ0v) is 18.7. The molecule has 2 aliphatic heterocycles. The summed E-state index contributed by atoms with van der Waals surface area (Å²) >= 11 is 0. The second-order valence-electron chi connectivity index (χ2n) is 8.39. The Kier molecular flexibility index (Phi) is 5.73. The summed E-state index contributed by atoms with van der Waals surface area (Å²) in [6.45, 7) is 3.05. The van der Waals surface area contributed by atoms with Crippen LogP contribution in [-0.4, -0.2) is 54.9 Å². The second-order valence-corrected chi connectivity index (χ2v) is 8.39. The maximum absolute atomic E-state index is 13.8. The van der Waals surface area contributed by atoms with Crippen LogP contribution in [0, 0.1) is 0 Å². The van der Waals surface area contributed by atoms with E-state index in [0.29, 0.717) is 38.3 Å². The third-order valence-electron chi connectivity index (χ3n) is 6.53. The molecule has 1 atom stereocenters. The molecule has 2 heterocycles. The number of carbonyl (C=O) groups excluding carboxylic acids is 2. The Labute approximate surface area is 194 Å². The van der Waals surface area contributed by atoms with Crippen LogP contribution in [0.1, 0.15) is 27.5 Å². The van der Waals surface area contributed by atoms with E-state index in [1.807, 2.05) is 83.8 Å².